The molecule has 3 unspecified atom stereocenters. The van der Waals surface area contributed by atoms with E-state index in [0.717, 1.165) is 0 Å². The van der Waals surface area contributed by atoms with Crippen LogP contribution in [0.15, 0.2) is 0 Å². The van der Waals surface area contributed by atoms with Crippen LogP contribution < -0.4 is 0 Å². The molecule has 0 saturated carbocycles. The van der Waals surface area contributed by atoms with Crippen LogP contribution in [-0.2, 0) is 4.74 Å². The maximum atomic E-state index is 13.7. The second kappa shape index (κ2) is 4.15. The highest BCUT2D eigenvalue weighted by atomic mass is 19.4. The van der Waals surface area contributed by atoms with Crippen LogP contribution in [0, 0.1) is 0 Å². The fourth-order valence-corrected chi connectivity index (χ4v) is 1.90. The Bertz CT molecular complexity index is 462. The molecule has 3 atom stereocenters. The minimum absolute atomic E-state index is 0.772. The average Bonchev–Trinajstić information content (AvgIpc) is 2.21. The van der Waals surface area contributed by atoms with Gasteiger partial charge in [-0.25, -0.2) is 17.6 Å². The van der Waals surface area contributed by atoms with Gasteiger partial charge in [0.1, 0.15) is 0 Å². The van der Waals surface area contributed by atoms with Gasteiger partial charge in [0.15, 0.2) is 0 Å². The summed E-state index contributed by atoms with van der Waals surface area (Å²) in [5, 5.41) is 0. The van der Waals surface area contributed by atoms with Crippen molar-refractivity contribution in [1.29, 1.82) is 0 Å². The lowest BCUT2D eigenvalue weighted by Gasteiger charge is -2.54. The molecule has 0 N–H and O–H groups in total. The zero-order valence-electron chi connectivity index (χ0n) is 10.4. The van der Waals surface area contributed by atoms with Gasteiger partial charge >= 0.3 is 35.7 Å². The Morgan fingerprint density at radius 3 is 1.41 bits per heavy atom. The van der Waals surface area contributed by atoms with Gasteiger partial charge in [0.05, 0.1) is 0 Å². The van der Waals surface area contributed by atoms with Gasteiger partial charge in [-0.05, 0) is 6.92 Å². The largest absolute Gasteiger partial charge is 0.434 e. The van der Waals surface area contributed by atoms with Crippen LogP contribution in [0.2, 0.25) is 0 Å². The van der Waals surface area contributed by atoms with Crippen molar-refractivity contribution in [3.8, 4) is 0 Å². The number of hydrogen-bond donors (Lipinski definition) is 0. The van der Waals surface area contributed by atoms with Gasteiger partial charge in [-0.2, -0.15) is 35.1 Å². The molecule has 22 heavy (non-hydrogen) atoms. The van der Waals surface area contributed by atoms with Crippen molar-refractivity contribution in [2.45, 2.75) is 55.2 Å². The van der Waals surface area contributed by atoms with E-state index in [1.807, 2.05) is 0 Å². The summed E-state index contributed by atoms with van der Waals surface area (Å²) in [6.07, 6.45) is -13.7. The lowest BCUT2D eigenvalue weighted by atomic mass is 9.74. The predicted molar refractivity (Wildman–Crippen MR) is 44.8 cm³/mol. The van der Waals surface area contributed by atoms with E-state index >= 15 is 0 Å². The molecule has 0 radical (unpaired) electrons. The lowest BCUT2D eigenvalue weighted by Crippen LogP contribution is -2.84. The third-order valence-corrected chi connectivity index (χ3v) is 3.27. The van der Waals surface area contributed by atoms with Crippen molar-refractivity contribution in [3.63, 3.8) is 0 Å². The van der Waals surface area contributed by atoms with Gasteiger partial charge in [-0.1, -0.05) is 0 Å². The van der Waals surface area contributed by atoms with Crippen molar-refractivity contribution in [2.75, 3.05) is 0 Å². The molecule has 1 heterocycles. The Balaban J connectivity index is 3.79. The van der Waals surface area contributed by atoms with Crippen molar-refractivity contribution in [1.82, 2.24) is 0 Å². The van der Waals surface area contributed by atoms with Crippen LogP contribution in [-0.4, -0.2) is 41.3 Å². The standard InChI is InChI=1S/C9H6F12O/c1-3(10)5(13,8(17,18)19)9(20,21)22-7(16,4(2,11)12)6(3,14)15/h1-2H3. The van der Waals surface area contributed by atoms with Crippen LogP contribution in [0.4, 0.5) is 52.7 Å². The minimum Gasteiger partial charge on any atom is -0.269 e. The number of alkyl halides is 12. The van der Waals surface area contributed by atoms with Crippen LogP contribution in [0.1, 0.15) is 13.8 Å². The molecule has 132 valence electrons. The van der Waals surface area contributed by atoms with Gasteiger partial charge < -0.3 is 0 Å². The van der Waals surface area contributed by atoms with Gasteiger partial charge in [-0.3, -0.25) is 4.74 Å². The molecule has 1 rings (SSSR count). The number of rotatable bonds is 1. The molecule has 0 aliphatic carbocycles. The Kier molecular flexibility index (Phi) is 3.61. The summed E-state index contributed by atoms with van der Waals surface area (Å²) < 4.78 is 159. The van der Waals surface area contributed by atoms with E-state index in [4.69, 9.17) is 0 Å². The van der Waals surface area contributed by atoms with Crippen molar-refractivity contribution in [2.24, 2.45) is 0 Å². The molecule has 0 spiro atoms. The van der Waals surface area contributed by atoms with Gasteiger partial charge in [0.25, 0.3) is 0 Å². The number of ether oxygens (including phenoxy) is 1. The van der Waals surface area contributed by atoms with E-state index < -0.39 is 55.2 Å². The third-order valence-electron chi connectivity index (χ3n) is 3.27. The normalized spacial score (nSPS) is 42.3. The Morgan fingerprint density at radius 2 is 1.14 bits per heavy atom. The van der Waals surface area contributed by atoms with E-state index in [1.54, 1.807) is 0 Å². The second-order valence-corrected chi connectivity index (χ2v) is 4.84. The van der Waals surface area contributed by atoms with E-state index in [9.17, 15) is 52.7 Å². The van der Waals surface area contributed by atoms with E-state index in [1.165, 1.54) is 0 Å². The van der Waals surface area contributed by atoms with Gasteiger partial charge in [0, 0.05) is 6.92 Å². The second-order valence-electron chi connectivity index (χ2n) is 4.84. The summed E-state index contributed by atoms with van der Waals surface area (Å²) in [7, 11) is 0. The first kappa shape index (κ1) is 19.2. The molecule has 0 bridgehead atoms. The third kappa shape index (κ3) is 1.80. The molecular formula is C9H6F12O. The molecule has 0 aromatic carbocycles. The fraction of sp³-hybridized carbons (Fsp3) is 1.00. The summed E-state index contributed by atoms with van der Waals surface area (Å²) in [5.74, 6) is -18.4. The highest BCUT2D eigenvalue weighted by Gasteiger charge is 2.97. The maximum absolute atomic E-state index is 13.7. The zero-order valence-corrected chi connectivity index (χ0v) is 10.4. The monoisotopic (exact) mass is 358 g/mol. The molecule has 1 nitrogen and oxygen atoms in total. The first-order chi connectivity index (χ1) is 9.21. The molecule has 0 aromatic rings. The Morgan fingerprint density at radius 1 is 0.773 bits per heavy atom. The van der Waals surface area contributed by atoms with Crippen molar-refractivity contribution in [3.05, 3.63) is 0 Å². The lowest BCUT2D eigenvalue weighted by molar-refractivity contribution is -0.543. The van der Waals surface area contributed by atoms with Crippen LogP contribution in [0.5, 0.6) is 0 Å². The van der Waals surface area contributed by atoms with Gasteiger partial charge in [-0.15, -0.1) is 0 Å². The summed E-state index contributed by atoms with van der Waals surface area (Å²) >= 11 is 0. The quantitative estimate of drug-likeness (QED) is 0.625. The highest BCUT2D eigenvalue weighted by Crippen LogP contribution is 2.67. The Hall–Kier alpha value is -0.880. The first-order valence-corrected chi connectivity index (χ1v) is 5.18. The fourth-order valence-electron chi connectivity index (χ4n) is 1.90. The first-order valence-electron chi connectivity index (χ1n) is 5.18. The Labute approximate surface area is 114 Å². The summed E-state index contributed by atoms with van der Waals surface area (Å²) in [5.41, 5.74) is -12.9. The van der Waals surface area contributed by atoms with Crippen molar-refractivity contribution < 1.29 is 57.4 Å². The zero-order chi connectivity index (χ0) is 18.2. The number of halogens is 12. The van der Waals surface area contributed by atoms with E-state index in [0.29, 0.717) is 0 Å². The highest BCUT2D eigenvalue weighted by molar-refractivity contribution is 5.23. The minimum atomic E-state index is -7.03. The predicted octanol–water partition coefficient (Wildman–Crippen LogP) is 4.56. The molecule has 1 aliphatic heterocycles. The van der Waals surface area contributed by atoms with E-state index in [-0.39, 0.29) is 0 Å². The molecule has 13 heteroatoms. The molecule has 0 amide bonds. The van der Waals surface area contributed by atoms with Crippen LogP contribution in [0.25, 0.3) is 0 Å². The maximum Gasteiger partial charge on any atom is 0.434 e. The van der Waals surface area contributed by atoms with Crippen LogP contribution in [0.3, 0.4) is 0 Å². The molecule has 1 fully saturated rings. The van der Waals surface area contributed by atoms with Crippen molar-refractivity contribution >= 4 is 0 Å². The average molecular weight is 358 g/mol. The molecular weight excluding hydrogens is 352 g/mol. The smallest absolute Gasteiger partial charge is 0.269 e. The summed E-state index contributed by atoms with van der Waals surface area (Å²) in [4.78, 5) is 0. The number of hydrogen-bond acceptors (Lipinski definition) is 1. The molecule has 1 saturated heterocycles. The van der Waals surface area contributed by atoms with Gasteiger partial charge in [0.2, 0.25) is 5.67 Å². The SMILES string of the molecule is CC(F)(F)C1(F)OC(F)(F)C(F)(C(F)(F)F)C(C)(F)C1(F)F. The summed E-state index contributed by atoms with van der Waals surface area (Å²) in [6.45, 7) is -1.87. The topological polar surface area (TPSA) is 9.23 Å². The summed E-state index contributed by atoms with van der Waals surface area (Å²) in [6, 6.07) is 0. The molecule has 0 aromatic heterocycles. The van der Waals surface area contributed by atoms with E-state index in [2.05, 4.69) is 4.74 Å². The van der Waals surface area contributed by atoms with Crippen LogP contribution >= 0.6 is 0 Å². The molecule has 1 aliphatic rings.